The first kappa shape index (κ1) is 22.7. The summed E-state index contributed by atoms with van der Waals surface area (Å²) in [4.78, 5) is 17.5. The van der Waals surface area contributed by atoms with Crippen LogP contribution in [-0.4, -0.2) is 67.8 Å². The van der Waals surface area contributed by atoms with Gasteiger partial charge in [-0.2, -0.15) is 0 Å². The minimum absolute atomic E-state index is 0.0827. The van der Waals surface area contributed by atoms with Gasteiger partial charge < -0.3 is 23.7 Å². The van der Waals surface area contributed by atoms with Crippen LogP contribution in [0.25, 0.3) is 0 Å². The molecule has 7 nitrogen and oxygen atoms in total. The van der Waals surface area contributed by atoms with Crippen LogP contribution < -0.4 is 14.2 Å². The van der Waals surface area contributed by atoms with Crippen LogP contribution in [0.15, 0.2) is 60.8 Å². The van der Waals surface area contributed by atoms with Crippen molar-refractivity contribution in [3.8, 4) is 17.2 Å². The first-order valence-electron chi connectivity index (χ1n) is 11.1. The first-order chi connectivity index (χ1) is 16.1. The van der Waals surface area contributed by atoms with E-state index in [4.69, 9.17) is 14.2 Å². The molecule has 0 unspecified atom stereocenters. The lowest BCUT2D eigenvalue weighted by Gasteiger charge is -2.35. The zero-order valence-corrected chi connectivity index (χ0v) is 19.5. The molecule has 1 amide bonds. The van der Waals surface area contributed by atoms with Gasteiger partial charge >= 0.3 is 0 Å². The van der Waals surface area contributed by atoms with Crippen LogP contribution in [0.5, 0.6) is 17.2 Å². The second-order valence-electron chi connectivity index (χ2n) is 8.07. The Morgan fingerprint density at radius 3 is 2.18 bits per heavy atom. The number of hydrogen-bond donors (Lipinski definition) is 0. The third kappa shape index (κ3) is 4.98. The Kier molecular flexibility index (Phi) is 7.19. The van der Waals surface area contributed by atoms with Crippen LogP contribution >= 0.6 is 0 Å². The molecule has 0 bridgehead atoms. The Morgan fingerprint density at radius 2 is 1.52 bits per heavy atom. The normalized spacial score (nSPS) is 14.2. The van der Waals surface area contributed by atoms with Crippen molar-refractivity contribution in [2.45, 2.75) is 13.1 Å². The molecule has 0 spiro atoms. The van der Waals surface area contributed by atoms with Crippen molar-refractivity contribution in [3.05, 3.63) is 77.6 Å². The molecular weight excluding hydrogens is 418 g/mol. The van der Waals surface area contributed by atoms with Crippen LogP contribution in [0, 0.1) is 0 Å². The van der Waals surface area contributed by atoms with Gasteiger partial charge in [0.15, 0.2) is 11.5 Å². The Labute approximate surface area is 195 Å². The van der Waals surface area contributed by atoms with Gasteiger partial charge in [0.25, 0.3) is 5.91 Å². The van der Waals surface area contributed by atoms with Crippen LogP contribution in [0.3, 0.4) is 0 Å². The lowest BCUT2D eigenvalue weighted by molar-refractivity contribution is 0.0617. The number of ether oxygens (including phenoxy) is 3. The first-order valence-corrected chi connectivity index (χ1v) is 11.1. The van der Waals surface area contributed by atoms with Crippen molar-refractivity contribution in [2.24, 2.45) is 0 Å². The predicted octanol–water partition coefficient (Wildman–Crippen LogP) is 3.52. The van der Waals surface area contributed by atoms with Gasteiger partial charge in [-0.3, -0.25) is 9.69 Å². The van der Waals surface area contributed by atoms with E-state index in [9.17, 15) is 4.79 Å². The average molecular weight is 450 g/mol. The molecule has 1 saturated heterocycles. The molecule has 4 rings (SSSR count). The number of amides is 1. The highest BCUT2D eigenvalue weighted by atomic mass is 16.5. The summed E-state index contributed by atoms with van der Waals surface area (Å²) in [5, 5.41) is 0. The summed E-state index contributed by atoms with van der Waals surface area (Å²) in [5.74, 6) is 2.02. The van der Waals surface area contributed by atoms with E-state index in [-0.39, 0.29) is 5.91 Å². The number of piperazine rings is 1. The minimum atomic E-state index is 0.0827. The quantitative estimate of drug-likeness (QED) is 0.527. The molecule has 0 saturated carbocycles. The Morgan fingerprint density at radius 1 is 0.788 bits per heavy atom. The second kappa shape index (κ2) is 10.4. The predicted molar refractivity (Wildman–Crippen MR) is 127 cm³/mol. The van der Waals surface area contributed by atoms with Crippen molar-refractivity contribution < 1.29 is 19.0 Å². The maximum atomic E-state index is 13.2. The van der Waals surface area contributed by atoms with Crippen molar-refractivity contribution in [2.75, 3.05) is 47.5 Å². The maximum absolute atomic E-state index is 13.2. The average Bonchev–Trinajstić information content (AvgIpc) is 3.32. The highest BCUT2D eigenvalue weighted by Gasteiger charge is 2.25. The van der Waals surface area contributed by atoms with E-state index in [2.05, 4.69) is 17.0 Å². The van der Waals surface area contributed by atoms with E-state index in [1.165, 1.54) is 5.56 Å². The molecule has 1 aromatic heterocycles. The van der Waals surface area contributed by atoms with E-state index >= 15 is 0 Å². The molecule has 7 heteroatoms. The van der Waals surface area contributed by atoms with Crippen molar-refractivity contribution in [1.82, 2.24) is 14.4 Å². The topological polar surface area (TPSA) is 56.2 Å². The summed E-state index contributed by atoms with van der Waals surface area (Å²) in [7, 11) is 4.87. The number of rotatable bonds is 8. The van der Waals surface area contributed by atoms with Gasteiger partial charge in [0.05, 0.1) is 21.3 Å². The summed E-state index contributed by atoms with van der Waals surface area (Å²) in [6.07, 6.45) is 1.97. The number of benzene rings is 2. The summed E-state index contributed by atoms with van der Waals surface area (Å²) < 4.78 is 18.5. The van der Waals surface area contributed by atoms with Gasteiger partial charge in [-0.15, -0.1) is 0 Å². The zero-order chi connectivity index (χ0) is 23.2. The largest absolute Gasteiger partial charge is 0.493 e. The molecule has 1 aliphatic heterocycles. The van der Waals surface area contributed by atoms with Gasteiger partial charge in [-0.05, 0) is 23.8 Å². The zero-order valence-electron chi connectivity index (χ0n) is 19.5. The fraction of sp³-hybridized carbons (Fsp3) is 0.346. The highest BCUT2D eigenvalue weighted by Crippen LogP contribution is 2.40. The molecule has 174 valence electrons. The molecule has 1 aliphatic rings. The SMILES string of the molecule is COc1ccc(CN2CCN(C(=O)c3cccn3Cc3ccccc3)CC2)c(OC)c1OC. The third-order valence-corrected chi connectivity index (χ3v) is 6.08. The minimum Gasteiger partial charge on any atom is -0.493 e. The van der Waals surface area contributed by atoms with Crippen molar-refractivity contribution >= 4 is 5.91 Å². The molecule has 33 heavy (non-hydrogen) atoms. The molecule has 0 N–H and O–H groups in total. The van der Waals surface area contributed by atoms with Crippen LogP contribution in [0.4, 0.5) is 0 Å². The number of aromatic nitrogens is 1. The number of methoxy groups -OCH3 is 3. The summed E-state index contributed by atoms with van der Waals surface area (Å²) >= 11 is 0. The number of carbonyl (C=O) groups excluding carboxylic acids is 1. The molecule has 0 atom stereocenters. The standard InChI is InChI=1S/C26H31N3O4/c1-31-23-12-11-21(24(32-2)25(23)33-3)19-27-14-16-28(17-15-27)26(30)22-10-7-13-29(22)18-20-8-5-4-6-9-20/h4-13H,14-19H2,1-3H3. The van der Waals surface area contributed by atoms with E-state index < -0.39 is 0 Å². The maximum Gasteiger partial charge on any atom is 0.270 e. The highest BCUT2D eigenvalue weighted by molar-refractivity contribution is 5.93. The lowest BCUT2D eigenvalue weighted by Crippen LogP contribution is -2.48. The fourth-order valence-corrected chi connectivity index (χ4v) is 4.33. The van der Waals surface area contributed by atoms with Crippen LogP contribution in [0.1, 0.15) is 21.6 Å². The lowest BCUT2D eigenvalue weighted by atomic mass is 10.1. The summed E-state index contributed by atoms with van der Waals surface area (Å²) in [5.41, 5.74) is 2.94. The van der Waals surface area contributed by atoms with Gasteiger partial charge in [0, 0.05) is 51.0 Å². The molecule has 0 aliphatic carbocycles. The molecular formula is C26H31N3O4. The molecule has 2 heterocycles. The fourth-order valence-electron chi connectivity index (χ4n) is 4.33. The summed E-state index contributed by atoms with van der Waals surface area (Å²) in [6, 6.07) is 18.0. The van der Waals surface area contributed by atoms with Gasteiger partial charge in [0.1, 0.15) is 5.69 Å². The van der Waals surface area contributed by atoms with Gasteiger partial charge in [0.2, 0.25) is 5.75 Å². The molecule has 1 fully saturated rings. The van der Waals surface area contributed by atoms with Gasteiger partial charge in [-0.25, -0.2) is 0 Å². The third-order valence-electron chi connectivity index (χ3n) is 6.08. The molecule has 0 radical (unpaired) electrons. The number of carbonyl (C=O) groups is 1. The van der Waals surface area contributed by atoms with Gasteiger partial charge in [-0.1, -0.05) is 36.4 Å². The van der Waals surface area contributed by atoms with Crippen LogP contribution in [-0.2, 0) is 13.1 Å². The Bertz CT molecular complexity index is 1070. The van der Waals surface area contributed by atoms with Crippen molar-refractivity contribution in [3.63, 3.8) is 0 Å². The van der Waals surface area contributed by atoms with Crippen LogP contribution in [0.2, 0.25) is 0 Å². The second-order valence-corrected chi connectivity index (χ2v) is 8.07. The Hall–Kier alpha value is -3.45. The van der Waals surface area contributed by atoms with Crippen molar-refractivity contribution in [1.29, 1.82) is 0 Å². The molecule has 2 aromatic carbocycles. The molecule has 3 aromatic rings. The summed E-state index contributed by atoms with van der Waals surface area (Å²) in [6.45, 7) is 4.37. The van der Waals surface area contributed by atoms with E-state index in [1.807, 2.05) is 58.1 Å². The number of nitrogens with zero attached hydrogens (tertiary/aromatic N) is 3. The van der Waals surface area contributed by atoms with E-state index in [0.29, 0.717) is 36.9 Å². The smallest absolute Gasteiger partial charge is 0.270 e. The van der Waals surface area contributed by atoms with E-state index in [0.717, 1.165) is 30.9 Å². The monoisotopic (exact) mass is 449 g/mol. The Balaban J connectivity index is 1.39. The van der Waals surface area contributed by atoms with E-state index in [1.54, 1.807) is 21.3 Å². The number of hydrogen-bond acceptors (Lipinski definition) is 5.